The number of halogens is 3. The van der Waals surface area contributed by atoms with E-state index in [2.05, 4.69) is 26.0 Å². The van der Waals surface area contributed by atoms with Crippen LogP contribution in [0.3, 0.4) is 0 Å². The molecule has 0 aliphatic carbocycles. The minimum Gasteiger partial charge on any atom is -0.316 e. The first-order chi connectivity index (χ1) is 9.40. The van der Waals surface area contributed by atoms with Crippen molar-refractivity contribution >= 4 is 26.0 Å². The fourth-order valence-corrected chi connectivity index (χ4v) is 3.77. The van der Waals surface area contributed by atoms with Crippen LogP contribution in [-0.2, 0) is 10.0 Å². The summed E-state index contributed by atoms with van der Waals surface area (Å²) in [6.45, 7) is 2.05. The van der Waals surface area contributed by atoms with Gasteiger partial charge in [0.15, 0.2) is 0 Å². The van der Waals surface area contributed by atoms with E-state index in [0.717, 1.165) is 25.6 Å². The maximum Gasteiger partial charge on any atom is 0.243 e. The van der Waals surface area contributed by atoms with Crippen molar-refractivity contribution in [3.05, 3.63) is 28.2 Å². The van der Waals surface area contributed by atoms with Crippen LogP contribution in [0.5, 0.6) is 0 Å². The SMILES string of the molecule is O=S(=O)(NCCC1CCNC1)c1cc(Br)c(F)cc1F. The van der Waals surface area contributed by atoms with E-state index in [0.29, 0.717) is 18.4 Å². The summed E-state index contributed by atoms with van der Waals surface area (Å²) in [5.41, 5.74) is 0. The third-order valence-electron chi connectivity index (χ3n) is 3.27. The summed E-state index contributed by atoms with van der Waals surface area (Å²) >= 11 is 2.85. The molecule has 20 heavy (non-hydrogen) atoms. The van der Waals surface area contributed by atoms with Gasteiger partial charge in [0.2, 0.25) is 10.0 Å². The lowest BCUT2D eigenvalue weighted by molar-refractivity contribution is 0.513. The standard InChI is InChI=1S/C12H15BrF2N2O2S/c13-9-5-12(11(15)6-10(9)14)20(18,19)17-4-2-8-1-3-16-7-8/h5-6,8,16-17H,1-4,7H2. The Morgan fingerprint density at radius 3 is 2.75 bits per heavy atom. The van der Waals surface area contributed by atoms with Gasteiger partial charge in [0.1, 0.15) is 16.5 Å². The van der Waals surface area contributed by atoms with Crippen LogP contribution in [0.4, 0.5) is 8.78 Å². The van der Waals surface area contributed by atoms with Crippen LogP contribution in [0.15, 0.2) is 21.5 Å². The lowest BCUT2D eigenvalue weighted by Crippen LogP contribution is -2.27. The highest BCUT2D eigenvalue weighted by Crippen LogP contribution is 2.23. The second-order valence-electron chi connectivity index (χ2n) is 4.74. The Bertz CT molecular complexity index is 589. The quantitative estimate of drug-likeness (QED) is 0.781. The molecule has 0 radical (unpaired) electrons. The molecule has 1 aliphatic heterocycles. The van der Waals surface area contributed by atoms with E-state index < -0.39 is 26.6 Å². The molecular formula is C12H15BrF2N2O2S. The average Bonchev–Trinajstić information content (AvgIpc) is 2.86. The first kappa shape index (κ1) is 15.8. The van der Waals surface area contributed by atoms with Crippen molar-refractivity contribution in [2.24, 2.45) is 5.92 Å². The van der Waals surface area contributed by atoms with Gasteiger partial charge < -0.3 is 5.32 Å². The number of sulfonamides is 1. The Labute approximate surface area is 125 Å². The van der Waals surface area contributed by atoms with Crippen molar-refractivity contribution < 1.29 is 17.2 Å². The summed E-state index contributed by atoms with van der Waals surface area (Å²) in [6.07, 6.45) is 1.70. The highest BCUT2D eigenvalue weighted by Gasteiger charge is 2.22. The van der Waals surface area contributed by atoms with Gasteiger partial charge in [0.05, 0.1) is 4.47 Å². The fraction of sp³-hybridized carbons (Fsp3) is 0.500. The normalized spacial score (nSPS) is 19.4. The maximum absolute atomic E-state index is 13.6. The number of benzene rings is 1. The van der Waals surface area contributed by atoms with Crippen molar-refractivity contribution in [1.29, 1.82) is 0 Å². The Hall–Kier alpha value is -0.570. The summed E-state index contributed by atoms with van der Waals surface area (Å²) < 4.78 is 52.9. The molecule has 0 aromatic heterocycles. The average molecular weight is 369 g/mol. The molecule has 0 saturated carbocycles. The van der Waals surface area contributed by atoms with Gasteiger partial charge in [-0.1, -0.05) is 0 Å². The highest BCUT2D eigenvalue weighted by molar-refractivity contribution is 9.10. The van der Waals surface area contributed by atoms with E-state index in [9.17, 15) is 17.2 Å². The molecule has 2 rings (SSSR count). The zero-order valence-electron chi connectivity index (χ0n) is 10.6. The number of hydrogen-bond donors (Lipinski definition) is 2. The summed E-state index contributed by atoms with van der Waals surface area (Å²) in [7, 11) is -3.96. The zero-order chi connectivity index (χ0) is 14.8. The fourth-order valence-electron chi connectivity index (χ4n) is 2.15. The van der Waals surface area contributed by atoms with Crippen LogP contribution >= 0.6 is 15.9 Å². The van der Waals surface area contributed by atoms with Crippen molar-refractivity contribution in [3.63, 3.8) is 0 Å². The molecule has 112 valence electrons. The van der Waals surface area contributed by atoms with Crippen LogP contribution in [0, 0.1) is 17.6 Å². The van der Waals surface area contributed by atoms with Gasteiger partial charge in [-0.2, -0.15) is 0 Å². The lowest BCUT2D eigenvalue weighted by Gasteiger charge is -2.11. The number of nitrogens with one attached hydrogen (secondary N) is 2. The van der Waals surface area contributed by atoms with Crippen LogP contribution in [0.2, 0.25) is 0 Å². The first-order valence-corrected chi connectivity index (χ1v) is 8.52. The van der Waals surface area contributed by atoms with Crippen molar-refractivity contribution in [1.82, 2.24) is 10.0 Å². The second-order valence-corrected chi connectivity index (χ2v) is 7.33. The molecule has 4 nitrogen and oxygen atoms in total. The van der Waals surface area contributed by atoms with E-state index in [1.807, 2.05) is 0 Å². The zero-order valence-corrected chi connectivity index (χ0v) is 13.0. The predicted octanol–water partition coefficient (Wildman–Crippen LogP) is 2.01. The molecule has 2 N–H and O–H groups in total. The van der Waals surface area contributed by atoms with Crippen LogP contribution in [-0.4, -0.2) is 28.1 Å². The van der Waals surface area contributed by atoms with E-state index in [1.54, 1.807) is 0 Å². The monoisotopic (exact) mass is 368 g/mol. The molecule has 1 unspecified atom stereocenters. The van der Waals surface area contributed by atoms with Gasteiger partial charge in [0.25, 0.3) is 0 Å². The summed E-state index contributed by atoms with van der Waals surface area (Å²) in [6, 6.07) is 1.49. The topological polar surface area (TPSA) is 58.2 Å². The van der Waals surface area contributed by atoms with E-state index in [-0.39, 0.29) is 11.0 Å². The molecule has 1 fully saturated rings. The smallest absolute Gasteiger partial charge is 0.243 e. The molecule has 1 aromatic rings. The highest BCUT2D eigenvalue weighted by atomic mass is 79.9. The predicted molar refractivity (Wildman–Crippen MR) is 74.8 cm³/mol. The molecule has 0 bridgehead atoms. The van der Waals surface area contributed by atoms with E-state index in [4.69, 9.17) is 0 Å². The Balaban J connectivity index is 2.04. The minimum absolute atomic E-state index is 0.0840. The molecule has 1 heterocycles. The van der Waals surface area contributed by atoms with Gasteiger partial charge in [-0.3, -0.25) is 0 Å². The van der Waals surface area contributed by atoms with Crippen molar-refractivity contribution in [2.45, 2.75) is 17.7 Å². The van der Waals surface area contributed by atoms with E-state index >= 15 is 0 Å². The third-order valence-corrected chi connectivity index (χ3v) is 5.36. The van der Waals surface area contributed by atoms with Gasteiger partial charge in [-0.15, -0.1) is 0 Å². The Kier molecular flexibility index (Phi) is 5.11. The molecule has 0 spiro atoms. The van der Waals surface area contributed by atoms with Crippen molar-refractivity contribution in [3.8, 4) is 0 Å². The molecular weight excluding hydrogens is 354 g/mol. The van der Waals surface area contributed by atoms with E-state index in [1.165, 1.54) is 0 Å². The van der Waals surface area contributed by atoms with Crippen molar-refractivity contribution in [2.75, 3.05) is 19.6 Å². The lowest BCUT2D eigenvalue weighted by atomic mass is 10.1. The molecule has 8 heteroatoms. The van der Waals surface area contributed by atoms with Crippen LogP contribution in [0.25, 0.3) is 0 Å². The molecule has 0 amide bonds. The van der Waals surface area contributed by atoms with Gasteiger partial charge in [-0.25, -0.2) is 21.9 Å². The molecule has 1 aromatic carbocycles. The maximum atomic E-state index is 13.6. The van der Waals surface area contributed by atoms with Crippen LogP contribution in [0.1, 0.15) is 12.8 Å². The summed E-state index contributed by atoms with van der Waals surface area (Å²) in [5.74, 6) is -1.50. The number of hydrogen-bond acceptors (Lipinski definition) is 3. The first-order valence-electron chi connectivity index (χ1n) is 6.25. The molecule has 1 aliphatic rings. The summed E-state index contributed by atoms with van der Waals surface area (Å²) in [5, 5.41) is 3.19. The molecule has 1 saturated heterocycles. The summed E-state index contributed by atoms with van der Waals surface area (Å²) in [4.78, 5) is -0.546. The van der Waals surface area contributed by atoms with Gasteiger partial charge in [-0.05, 0) is 53.8 Å². The van der Waals surface area contributed by atoms with Gasteiger partial charge in [0, 0.05) is 12.6 Å². The molecule has 1 atom stereocenters. The van der Waals surface area contributed by atoms with Crippen LogP contribution < -0.4 is 10.0 Å². The minimum atomic E-state index is -3.96. The van der Waals surface area contributed by atoms with Gasteiger partial charge >= 0.3 is 0 Å². The Morgan fingerprint density at radius 2 is 2.10 bits per heavy atom. The third kappa shape index (κ3) is 3.75. The number of rotatable bonds is 5. The second kappa shape index (κ2) is 6.46. The largest absolute Gasteiger partial charge is 0.316 e. The Morgan fingerprint density at radius 1 is 1.35 bits per heavy atom.